The second-order valence-corrected chi connectivity index (χ2v) is 6.83. The average Bonchev–Trinajstić information content (AvgIpc) is 2.96. The van der Waals surface area contributed by atoms with E-state index in [1.165, 1.54) is 25.7 Å². The molecule has 1 saturated carbocycles. The minimum Gasteiger partial charge on any atom is -0.310 e. The Balaban J connectivity index is 2.04. The number of thioether (sulfide) groups is 1. The smallest absolute Gasteiger partial charge is 0.137 e. The number of hydrogen-bond acceptors (Lipinski definition) is 2. The zero-order valence-electron chi connectivity index (χ0n) is 12.6. The summed E-state index contributed by atoms with van der Waals surface area (Å²) in [6.45, 7) is 5.26. The Morgan fingerprint density at radius 2 is 2.10 bits per heavy atom. The van der Waals surface area contributed by atoms with Crippen molar-refractivity contribution in [1.29, 1.82) is 0 Å². The number of halogens is 1. The first-order valence-electron chi connectivity index (χ1n) is 7.87. The van der Waals surface area contributed by atoms with Crippen molar-refractivity contribution in [3.8, 4) is 0 Å². The van der Waals surface area contributed by atoms with Gasteiger partial charge in [-0.2, -0.15) is 0 Å². The van der Waals surface area contributed by atoms with Crippen molar-refractivity contribution in [2.75, 3.05) is 12.3 Å². The van der Waals surface area contributed by atoms with Gasteiger partial charge in [-0.25, -0.2) is 4.39 Å². The lowest BCUT2D eigenvalue weighted by Crippen LogP contribution is -2.20. The molecular weight excluding hydrogens is 269 g/mol. The van der Waals surface area contributed by atoms with Gasteiger partial charge in [-0.3, -0.25) is 0 Å². The fourth-order valence-corrected chi connectivity index (χ4v) is 4.22. The van der Waals surface area contributed by atoms with Crippen LogP contribution in [0.1, 0.15) is 57.6 Å². The highest BCUT2D eigenvalue weighted by Crippen LogP contribution is 2.35. The Hall–Kier alpha value is -0.540. The highest BCUT2D eigenvalue weighted by Gasteiger charge is 2.19. The van der Waals surface area contributed by atoms with E-state index in [-0.39, 0.29) is 11.9 Å². The summed E-state index contributed by atoms with van der Waals surface area (Å²) in [7, 11) is 0. The predicted octanol–water partition coefficient (Wildman–Crippen LogP) is 5.17. The van der Waals surface area contributed by atoms with E-state index in [9.17, 15) is 4.39 Å². The average molecular weight is 295 g/mol. The lowest BCUT2D eigenvalue weighted by atomic mass is 10.1. The van der Waals surface area contributed by atoms with E-state index in [0.717, 1.165) is 35.1 Å². The van der Waals surface area contributed by atoms with Crippen LogP contribution in [0, 0.1) is 11.7 Å². The van der Waals surface area contributed by atoms with E-state index in [0.29, 0.717) is 0 Å². The highest BCUT2D eigenvalue weighted by molar-refractivity contribution is 7.99. The van der Waals surface area contributed by atoms with Gasteiger partial charge in [0.15, 0.2) is 0 Å². The molecule has 0 saturated heterocycles. The van der Waals surface area contributed by atoms with Crippen molar-refractivity contribution in [2.24, 2.45) is 5.92 Å². The zero-order valence-corrected chi connectivity index (χ0v) is 13.4. The van der Waals surface area contributed by atoms with Crippen LogP contribution in [0.25, 0.3) is 0 Å². The molecule has 1 nitrogen and oxygen atoms in total. The van der Waals surface area contributed by atoms with Crippen LogP contribution in [0.4, 0.5) is 4.39 Å². The van der Waals surface area contributed by atoms with Gasteiger partial charge in [0.2, 0.25) is 0 Å². The van der Waals surface area contributed by atoms with Gasteiger partial charge in [0, 0.05) is 16.7 Å². The van der Waals surface area contributed by atoms with E-state index in [2.05, 4.69) is 25.2 Å². The molecule has 1 aliphatic carbocycles. The molecule has 0 heterocycles. The van der Waals surface area contributed by atoms with E-state index in [1.54, 1.807) is 17.8 Å². The molecule has 1 fully saturated rings. The second-order valence-electron chi connectivity index (χ2n) is 5.80. The van der Waals surface area contributed by atoms with Crippen LogP contribution in [-0.2, 0) is 0 Å². The predicted molar refractivity (Wildman–Crippen MR) is 85.8 cm³/mol. The lowest BCUT2D eigenvalue weighted by Gasteiger charge is -2.19. The van der Waals surface area contributed by atoms with Crippen LogP contribution in [0.5, 0.6) is 0 Å². The largest absolute Gasteiger partial charge is 0.310 e. The monoisotopic (exact) mass is 295 g/mol. The van der Waals surface area contributed by atoms with Crippen LogP contribution in [-0.4, -0.2) is 12.3 Å². The molecule has 0 spiro atoms. The third-order valence-corrected chi connectivity index (χ3v) is 5.46. The lowest BCUT2D eigenvalue weighted by molar-refractivity contribution is 0.542. The number of rotatable bonds is 7. The molecule has 0 bridgehead atoms. The van der Waals surface area contributed by atoms with Crippen molar-refractivity contribution in [2.45, 2.75) is 56.9 Å². The standard InChI is InChI=1S/C17H26FNS/c1-3-11-19-13(2)15-9-6-10-16(18)17(15)20-12-14-7-4-5-8-14/h6,9-10,13-14,19H,3-5,7-8,11-12H2,1-2H3. The molecule has 112 valence electrons. The van der Waals surface area contributed by atoms with Gasteiger partial charge in [-0.15, -0.1) is 11.8 Å². The minimum absolute atomic E-state index is 0.0596. The van der Waals surface area contributed by atoms with Crippen LogP contribution in [0.3, 0.4) is 0 Å². The molecule has 0 aromatic heterocycles. The van der Waals surface area contributed by atoms with Crippen molar-refractivity contribution in [3.63, 3.8) is 0 Å². The Morgan fingerprint density at radius 1 is 1.35 bits per heavy atom. The van der Waals surface area contributed by atoms with Crippen LogP contribution in [0.15, 0.2) is 23.1 Å². The quantitative estimate of drug-likeness (QED) is 0.697. The SMILES string of the molecule is CCCNC(C)c1cccc(F)c1SCC1CCCC1. The molecule has 0 amide bonds. The van der Waals surface area contributed by atoms with E-state index in [1.807, 2.05) is 6.07 Å². The number of nitrogens with one attached hydrogen (secondary N) is 1. The van der Waals surface area contributed by atoms with Crippen molar-refractivity contribution >= 4 is 11.8 Å². The van der Waals surface area contributed by atoms with Gasteiger partial charge in [-0.1, -0.05) is 31.9 Å². The second kappa shape index (κ2) is 8.04. The summed E-state index contributed by atoms with van der Waals surface area (Å²) < 4.78 is 14.2. The molecule has 3 heteroatoms. The summed E-state index contributed by atoms with van der Waals surface area (Å²) in [6.07, 6.45) is 6.44. The summed E-state index contributed by atoms with van der Waals surface area (Å²) in [6, 6.07) is 5.70. The summed E-state index contributed by atoms with van der Waals surface area (Å²) in [5, 5.41) is 3.46. The molecule has 0 aliphatic heterocycles. The number of benzene rings is 1. The molecule has 1 aromatic carbocycles. The molecule has 1 aromatic rings. The van der Waals surface area contributed by atoms with Gasteiger partial charge in [-0.05, 0) is 50.3 Å². The Labute approximate surface area is 126 Å². The summed E-state index contributed by atoms with van der Waals surface area (Å²) >= 11 is 1.72. The minimum atomic E-state index is -0.0596. The van der Waals surface area contributed by atoms with Crippen LogP contribution < -0.4 is 5.32 Å². The third-order valence-electron chi connectivity index (χ3n) is 4.10. The maximum absolute atomic E-state index is 14.2. The fraction of sp³-hybridized carbons (Fsp3) is 0.647. The van der Waals surface area contributed by atoms with Gasteiger partial charge in [0.25, 0.3) is 0 Å². The molecule has 0 radical (unpaired) electrons. The molecule has 2 rings (SSSR count). The Bertz CT molecular complexity index is 415. The third kappa shape index (κ3) is 4.23. The molecule has 1 atom stereocenters. The molecular formula is C17H26FNS. The van der Waals surface area contributed by atoms with Crippen molar-refractivity contribution in [3.05, 3.63) is 29.6 Å². The molecule has 20 heavy (non-hydrogen) atoms. The van der Waals surface area contributed by atoms with E-state index in [4.69, 9.17) is 0 Å². The molecule has 1 N–H and O–H groups in total. The molecule has 1 aliphatic rings. The fourth-order valence-electron chi connectivity index (χ4n) is 2.87. The van der Waals surface area contributed by atoms with Crippen molar-refractivity contribution < 1.29 is 4.39 Å². The van der Waals surface area contributed by atoms with E-state index >= 15 is 0 Å². The van der Waals surface area contributed by atoms with Gasteiger partial charge in [0.05, 0.1) is 0 Å². The Morgan fingerprint density at radius 3 is 2.80 bits per heavy atom. The van der Waals surface area contributed by atoms with Gasteiger partial charge in [0.1, 0.15) is 5.82 Å². The van der Waals surface area contributed by atoms with Gasteiger partial charge >= 0.3 is 0 Å². The first-order valence-corrected chi connectivity index (χ1v) is 8.85. The maximum Gasteiger partial charge on any atom is 0.137 e. The van der Waals surface area contributed by atoms with E-state index < -0.39 is 0 Å². The maximum atomic E-state index is 14.2. The molecule has 1 unspecified atom stereocenters. The highest BCUT2D eigenvalue weighted by atomic mass is 32.2. The number of hydrogen-bond donors (Lipinski definition) is 1. The normalized spacial score (nSPS) is 17.6. The summed E-state index contributed by atoms with van der Waals surface area (Å²) in [5.74, 6) is 1.79. The summed E-state index contributed by atoms with van der Waals surface area (Å²) in [5.41, 5.74) is 1.11. The van der Waals surface area contributed by atoms with Crippen LogP contribution >= 0.6 is 11.8 Å². The van der Waals surface area contributed by atoms with Gasteiger partial charge < -0.3 is 5.32 Å². The Kier molecular flexibility index (Phi) is 6.37. The zero-order chi connectivity index (χ0) is 14.4. The topological polar surface area (TPSA) is 12.0 Å². The first kappa shape index (κ1) is 15.8. The van der Waals surface area contributed by atoms with Crippen LogP contribution in [0.2, 0.25) is 0 Å². The summed E-state index contributed by atoms with van der Waals surface area (Å²) in [4.78, 5) is 0.857. The first-order chi connectivity index (χ1) is 9.72. The van der Waals surface area contributed by atoms with Crippen molar-refractivity contribution in [1.82, 2.24) is 5.32 Å².